The number of anilines is 1. The maximum atomic E-state index is 12.6. The van der Waals surface area contributed by atoms with Gasteiger partial charge < -0.3 is 15.0 Å². The number of carbonyl (C=O) groups excluding carboxylic acids is 2. The highest BCUT2D eigenvalue weighted by molar-refractivity contribution is 7.09. The first-order valence-corrected chi connectivity index (χ1v) is 11.4. The Balaban J connectivity index is 1.55. The number of nitrogens with one attached hydrogen (secondary N) is 1. The molecule has 30 heavy (non-hydrogen) atoms. The van der Waals surface area contributed by atoms with Crippen molar-refractivity contribution in [1.82, 2.24) is 15.2 Å². The van der Waals surface area contributed by atoms with Crippen molar-refractivity contribution in [3.63, 3.8) is 0 Å². The van der Waals surface area contributed by atoms with Gasteiger partial charge in [0.25, 0.3) is 11.8 Å². The Hall–Kier alpha value is -2.45. The lowest BCUT2D eigenvalue weighted by molar-refractivity contribution is -0.121. The average molecular weight is 431 g/mol. The zero-order valence-corrected chi connectivity index (χ0v) is 18.7. The van der Waals surface area contributed by atoms with Gasteiger partial charge >= 0.3 is 0 Å². The molecule has 1 aliphatic rings. The summed E-state index contributed by atoms with van der Waals surface area (Å²) in [4.78, 5) is 33.4. The van der Waals surface area contributed by atoms with E-state index in [9.17, 15) is 9.59 Å². The minimum Gasteiger partial charge on any atom is -0.482 e. The fourth-order valence-corrected chi connectivity index (χ4v) is 4.24. The van der Waals surface area contributed by atoms with Gasteiger partial charge in [-0.2, -0.15) is 0 Å². The molecule has 0 fully saturated rings. The van der Waals surface area contributed by atoms with Crippen LogP contribution in [-0.2, 0) is 11.3 Å². The largest absolute Gasteiger partial charge is 0.482 e. The normalized spacial score (nSPS) is 14.4. The van der Waals surface area contributed by atoms with E-state index in [1.807, 2.05) is 31.2 Å². The number of nitrogens with zero attached hydrogens (tertiary/aromatic N) is 3. The minimum absolute atomic E-state index is 0.0146. The summed E-state index contributed by atoms with van der Waals surface area (Å²) in [6.45, 7) is 9.84. The summed E-state index contributed by atoms with van der Waals surface area (Å²) in [6, 6.07) is 7.54. The van der Waals surface area contributed by atoms with Crippen LogP contribution in [0.25, 0.3) is 0 Å². The van der Waals surface area contributed by atoms with Crippen molar-refractivity contribution in [1.29, 1.82) is 0 Å². The molecule has 0 saturated carbocycles. The zero-order chi connectivity index (χ0) is 21.5. The highest BCUT2D eigenvalue weighted by Gasteiger charge is 2.26. The van der Waals surface area contributed by atoms with Crippen molar-refractivity contribution < 1.29 is 14.3 Å². The number of hydrogen-bond donors (Lipinski definition) is 1. The van der Waals surface area contributed by atoms with Crippen LogP contribution in [0.1, 0.15) is 49.1 Å². The molecule has 162 valence electrons. The second kappa shape index (κ2) is 10.5. The van der Waals surface area contributed by atoms with Gasteiger partial charge in [-0.15, -0.1) is 11.3 Å². The smallest absolute Gasteiger partial charge is 0.270 e. The topological polar surface area (TPSA) is 74.8 Å². The maximum Gasteiger partial charge on any atom is 0.270 e. The number of carbonyl (C=O) groups is 2. The van der Waals surface area contributed by atoms with Crippen molar-refractivity contribution in [3.8, 4) is 5.75 Å². The Morgan fingerprint density at radius 1 is 1.33 bits per heavy atom. The van der Waals surface area contributed by atoms with Gasteiger partial charge in [-0.1, -0.05) is 26.0 Å². The number of thiazole rings is 1. The van der Waals surface area contributed by atoms with E-state index in [1.165, 1.54) is 11.3 Å². The van der Waals surface area contributed by atoms with Gasteiger partial charge in [0.05, 0.1) is 12.2 Å². The Labute approximate surface area is 182 Å². The summed E-state index contributed by atoms with van der Waals surface area (Å²) in [5.74, 6) is 0.406. The van der Waals surface area contributed by atoms with Gasteiger partial charge in [0, 0.05) is 11.4 Å². The molecule has 7 nitrogen and oxygen atoms in total. The first-order valence-electron chi connectivity index (χ1n) is 10.5. The summed E-state index contributed by atoms with van der Waals surface area (Å²) in [5.41, 5.74) is 1.14. The third kappa shape index (κ3) is 5.58. The van der Waals surface area contributed by atoms with Crippen molar-refractivity contribution in [3.05, 3.63) is 40.3 Å². The molecule has 1 aliphatic heterocycles. The summed E-state index contributed by atoms with van der Waals surface area (Å²) >= 11 is 1.39. The van der Waals surface area contributed by atoms with E-state index in [0.717, 1.165) is 43.2 Å². The molecule has 1 N–H and O–H groups in total. The fourth-order valence-electron chi connectivity index (χ4n) is 3.48. The molecule has 0 radical (unpaired) electrons. The van der Waals surface area contributed by atoms with Crippen LogP contribution in [0, 0.1) is 0 Å². The quantitative estimate of drug-likeness (QED) is 0.626. The van der Waals surface area contributed by atoms with Crippen LogP contribution in [0.5, 0.6) is 5.75 Å². The monoisotopic (exact) mass is 430 g/mol. The Kier molecular flexibility index (Phi) is 7.81. The van der Waals surface area contributed by atoms with Crippen LogP contribution < -0.4 is 15.0 Å². The third-order valence-electron chi connectivity index (χ3n) is 5.27. The van der Waals surface area contributed by atoms with Crippen molar-refractivity contribution in [2.75, 3.05) is 31.1 Å². The first-order chi connectivity index (χ1) is 14.5. The van der Waals surface area contributed by atoms with Crippen molar-refractivity contribution >= 4 is 28.8 Å². The highest BCUT2D eigenvalue weighted by Crippen LogP contribution is 2.32. The molecular weight excluding hydrogens is 400 g/mol. The number of rotatable bonds is 10. The molecule has 3 rings (SSSR count). The van der Waals surface area contributed by atoms with E-state index in [2.05, 4.69) is 29.0 Å². The van der Waals surface area contributed by atoms with E-state index < -0.39 is 0 Å². The molecule has 0 saturated heterocycles. The number of aromatic nitrogens is 1. The molecule has 0 aliphatic carbocycles. The van der Waals surface area contributed by atoms with E-state index in [0.29, 0.717) is 18.0 Å². The predicted molar refractivity (Wildman–Crippen MR) is 119 cm³/mol. The number of ether oxygens (including phenoxy) is 1. The summed E-state index contributed by atoms with van der Waals surface area (Å²) in [5, 5.41) is 5.51. The van der Waals surface area contributed by atoms with Crippen LogP contribution in [0.15, 0.2) is 29.6 Å². The fraction of sp³-hybridized carbons (Fsp3) is 0.500. The Bertz CT molecular complexity index is 866. The maximum absolute atomic E-state index is 12.6. The number of fused-ring (bicyclic) bond motifs is 1. The SMILES string of the molecule is CCN(CC)CCCC(C)NC(=O)c1csc(CN2C(=O)COc3ccccc32)n1. The van der Waals surface area contributed by atoms with E-state index in [1.54, 1.807) is 10.3 Å². The molecule has 1 aromatic carbocycles. The van der Waals surface area contributed by atoms with Gasteiger partial charge in [0.15, 0.2) is 6.61 Å². The van der Waals surface area contributed by atoms with E-state index in [4.69, 9.17) is 4.74 Å². The van der Waals surface area contributed by atoms with Crippen LogP contribution in [0.2, 0.25) is 0 Å². The Morgan fingerprint density at radius 3 is 2.87 bits per heavy atom. The predicted octanol–water partition coefficient (Wildman–Crippen LogP) is 3.31. The van der Waals surface area contributed by atoms with Gasteiger partial charge in [0.2, 0.25) is 0 Å². The molecule has 1 atom stereocenters. The van der Waals surface area contributed by atoms with Crippen molar-refractivity contribution in [2.45, 2.75) is 46.2 Å². The van der Waals surface area contributed by atoms with E-state index in [-0.39, 0.29) is 24.5 Å². The molecule has 2 heterocycles. The number of para-hydroxylation sites is 2. The standard InChI is InChI=1S/C22H30N4O3S/c1-4-25(5-2)12-8-9-16(3)23-22(28)17-15-30-20(24-17)13-26-18-10-6-7-11-19(18)29-14-21(26)27/h6-7,10-11,15-16H,4-5,8-9,12-14H2,1-3H3,(H,23,28). The first kappa shape index (κ1) is 22.2. The minimum atomic E-state index is -0.165. The van der Waals surface area contributed by atoms with Crippen molar-refractivity contribution in [2.24, 2.45) is 0 Å². The Morgan fingerprint density at radius 2 is 2.10 bits per heavy atom. The second-order valence-electron chi connectivity index (χ2n) is 7.41. The van der Waals surface area contributed by atoms with E-state index >= 15 is 0 Å². The summed E-state index contributed by atoms with van der Waals surface area (Å²) < 4.78 is 5.48. The molecule has 1 aromatic heterocycles. The van der Waals surface area contributed by atoms with Crippen LogP contribution in [-0.4, -0.2) is 54.0 Å². The van der Waals surface area contributed by atoms with Gasteiger partial charge in [0.1, 0.15) is 16.5 Å². The summed E-state index contributed by atoms with van der Waals surface area (Å²) in [7, 11) is 0. The highest BCUT2D eigenvalue weighted by atomic mass is 32.1. The number of amides is 2. The molecule has 1 unspecified atom stereocenters. The van der Waals surface area contributed by atoms with Gasteiger partial charge in [-0.25, -0.2) is 4.98 Å². The van der Waals surface area contributed by atoms with Crippen LogP contribution >= 0.6 is 11.3 Å². The molecule has 2 aromatic rings. The molecule has 0 bridgehead atoms. The molecule has 8 heteroatoms. The average Bonchev–Trinajstić information content (AvgIpc) is 3.22. The van der Waals surface area contributed by atoms with Gasteiger partial charge in [-0.3, -0.25) is 14.5 Å². The third-order valence-corrected chi connectivity index (χ3v) is 6.10. The lowest BCUT2D eigenvalue weighted by atomic mass is 10.1. The molecular formula is C22H30N4O3S. The number of benzene rings is 1. The zero-order valence-electron chi connectivity index (χ0n) is 17.9. The number of hydrogen-bond acceptors (Lipinski definition) is 6. The molecule has 0 spiro atoms. The van der Waals surface area contributed by atoms with Gasteiger partial charge in [-0.05, 0) is 51.5 Å². The summed E-state index contributed by atoms with van der Waals surface area (Å²) in [6.07, 6.45) is 1.97. The molecule has 2 amide bonds. The lowest BCUT2D eigenvalue weighted by Crippen LogP contribution is -2.38. The van der Waals surface area contributed by atoms with Crippen LogP contribution in [0.3, 0.4) is 0 Å². The van der Waals surface area contributed by atoms with Crippen LogP contribution in [0.4, 0.5) is 5.69 Å². The second-order valence-corrected chi connectivity index (χ2v) is 8.35. The lowest BCUT2D eigenvalue weighted by Gasteiger charge is -2.28.